The monoisotopic (exact) mass is 556 g/mol. The van der Waals surface area contributed by atoms with Gasteiger partial charge in [0.2, 0.25) is 0 Å². The number of ether oxygens (including phenoxy) is 1. The van der Waals surface area contributed by atoms with Gasteiger partial charge in [0.25, 0.3) is 5.91 Å². The summed E-state index contributed by atoms with van der Waals surface area (Å²) >= 11 is 0. The Morgan fingerprint density at radius 3 is 2.60 bits per heavy atom. The second-order valence-electron chi connectivity index (χ2n) is 14.4. The maximum Gasteiger partial charge on any atom is 0.305 e. The molecule has 5 rings (SSSR count). The lowest BCUT2D eigenvalue weighted by Gasteiger charge is -2.58. The molecule has 222 valence electrons. The van der Waals surface area contributed by atoms with Gasteiger partial charge >= 0.3 is 5.97 Å². The number of rotatable bonds is 7. The first kappa shape index (κ1) is 29.3. The summed E-state index contributed by atoms with van der Waals surface area (Å²) in [6, 6.07) is -0.474. The summed E-state index contributed by atoms with van der Waals surface area (Å²) < 4.78 is 5.77. The van der Waals surface area contributed by atoms with Crippen molar-refractivity contribution >= 4 is 17.6 Å². The van der Waals surface area contributed by atoms with Gasteiger partial charge in [-0.05, 0) is 113 Å². The normalized spacial score (nSPS) is 41.8. The number of carboxylic acid groups (broad SMARTS) is 1. The Balaban J connectivity index is 1.19. The Hall–Kier alpha value is -2.19. The van der Waals surface area contributed by atoms with Crippen LogP contribution in [0, 0.1) is 34.5 Å². The number of nitrogens with one attached hydrogen (secondary N) is 1. The van der Waals surface area contributed by atoms with Crippen LogP contribution >= 0.6 is 0 Å². The van der Waals surface area contributed by atoms with Crippen LogP contribution in [-0.4, -0.2) is 58.3 Å². The zero-order valence-electron chi connectivity index (χ0n) is 24.9. The lowest BCUT2D eigenvalue weighted by molar-refractivity contribution is -0.139. The van der Waals surface area contributed by atoms with E-state index in [1.165, 1.54) is 5.57 Å². The van der Waals surface area contributed by atoms with Crippen LogP contribution in [0.25, 0.3) is 0 Å². The highest BCUT2D eigenvalue weighted by Gasteiger charge is 2.62. The number of amides is 1. The SMILES string of the molecule is CC1(C)C[C@H]([C@H](CC(=O)O)NC(=O)CO/N=C2\C=C[C@@]3(C)C(=C2)CC[C@@H]2[C@@H]3CC[C@@]3(C)[C@H]2CC[C@]3(C)O)CCO1. The summed E-state index contributed by atoms with van der Waals surface area (Å²) in [7, 11) is 0. The molecule has 0 aromatic rings. The fourth-order valence-electron chi connectivity index (χ4n) is 9.07. The van der Waals surface area contributed by atoms with E-state index >= 15 is 0 Å². The molecule has 8 atom stereocenters. The summed E-state index contributed by atoms with van der Waals surface area (Å²) in [6.07, 6.45) is 14.0. The van der Waals surface area contributed by atoms with Gasteiger partial charge in [0.15, 0.2) is 6.61 Å². The Morgan fingerprint density at radius 1 is 1.12 bits per heavy atom. The largest absolute Gasteiger partial charge is 0.481 e. The number of aliphatic carboxylic acids is 1. The van der Waals surface area contributed by atoms with E-state index in [9.17, 15) is 19.8 Å². The van der Waals surface area contributed by atoms with Gasteiger partial charge in [-0.25, -0.2) is 0 Å². The molecule has 4 aliphatic carbocycles. The van der Waals surface area contributed by atoms with Crippen LogP contribution in [0.3, 0.4) is 0 Å². The fourth-order valence-corrected chi connectivity index (χ4v) is 9.07. The Kier molecular flexibility index (Phi) is 7.75. The Labute approximate surface area is 238 Å². The summed E-state index contributed by atoms with van der Waals surface area (Å²) in [4.78, 5) is 29.6. The highest BCUT2D eigenvalue weighted by molar-refractivity contribution is 6.05. The zero-order chi connectivity index (χ0) is 28.9. The number of oxime groups is 1. The molecule has 0 radical (unpaired) electrons. The summed E-state index contributed by atoms with van der Waals surface area (Å²) in [5, 5.41) is 27.7. The maximum absolute atomic E-state index is 12.7. The van der Waals surface area contributed by atoms with E-state index in [2.05, 4.69) is 36.5 Å². The van der Waals surface area contributed by atoms with Crippen LogP contribution in [0.5, 0.6) is 0 Å². The van der Waals surface area contributed by atoms with Gasteiger partial charge in [-0.1, -0.05) is 30.7 Å². The molecule has 40 heavy (non-hydrogen) atoms. The fraction of sp³-hybridized carbons (Fsp3) is 0.781. The molecule has 8 nitrogen and oxygen atoms in total. The van der Waals surface area contributed by atoms with Gasteiger partial charge < -0.3 is 25.1 Å². The number of carboxylic acids is 1. The molecular formula is C32H48N2O6. The predicted octanol–water partition coefficient (Wildman–Crippen LogP) is 5.01. The van der Waals surface area contributed by atoms with Crippen molar-refractivity contribution in [3.63, 3.8) is 0 Å². The van der Waals surface area contributed by atoms with Gasteiger partial charge in [-0.2, -0.15) is 0 Å². The van der Waals surface area contributed by atoms with E-state index in [0.29, 0.717) is 42.9 Å². The smallest absolute Gasteiger partial charge is 0.305 e. The number of aliphatic hydroxyl groups is 1. The van der Waals surface area contributed by atoms with Gasteiger partial charge in [-0.15, -0.1) is 0 Å². The molecule has 4 fully saturated rings. The van der Waals surface area contributed by atoms with Gasteiger partial charge in [0.05, 0.1) is 17.6 Å². The highest BCUT2D eigenvalue weighted by Crippen LogP contribution is 2.66. The van der Waals surface area contributed by atoms with Crippen LogP contribution < -0.4 is 5.32 Å². The van der Waals surface area contributed by atoms with Gasteiger partial charge in [-0.3, -0.25) is 9.59 Å². The topological polar surface area (TPSA) is 117 Å². The van der Waals surface area contributed by atoms with Crippen molar-refractivity contribution < 1.29 is 29.4 Å². The third kappa shape index (κ3) is 5.38. The maximum atomic E-state index is 12.7. The first-order chi connectivity index (χ1) is 18.7. The molecule has 0 spiro atoms. The molecule has 3 N–H and O–H groups in total. The van der Waals surface area contributed by atoms with E-state index < -0.39 is 17.6 Å². The number of nitrogens with zero attached hydrogens (tertiary/aromatic N) is 1. The van der Waals surface area contributed by atoms with Crippen LogP contribution in [0.1, 0.15) is 92.4 Å². The van der Waals surface area contributed by atoms with Crippen molar-refractivity contribution in [2.24, 2.45) is 39.7 Å². The summed E-state index contributed by atoms with van der Waals surface area (Å²) in [6.45, 7) is 11.0. The van der Waals surface area contributed by atoms with Crippen LogP contribution in [0.15, 0.2) is 29.0 Å². The molecule has 1 heterocycles. The molecule has 1 amide bonds. The molecule has 1 aliphatic heterocycles. The summed E-state index contributed by atoms with van der Waals surface area (Å²) in [5.41, 5.74) is 1.17. The third-order valence-electron chi connectivity index (χ3n) is 11.5. The average molecular weight is 557 g/mol. The van der Waals surface area contributed by atoms with Crippen molar-refractivity contribution in [3.8, 4) is 0 Å². The number of hydrogen-bond donors (Lipinski definition) is 3. The summed E-state index contributed by atoms with van der Waals surface area (Å²) in [5.74, 6) is 0.483. The van der Waals surface area contributed by atoms with E-state index in [1.54, 1.807) is 0 Å². The lowest BCUT2D eigenvalue weighted by atomic mass is 9.47. The first-order valence-corrected chi connectivity index (χ1v) is 15.2. The van der Waals surface area contributed by atoms with Gasteiger partial charge in [0, 0.05) is 18.1 Å². The zero-order valence-corrected chi connectivity index (χ0v) is 24.9. The van der Waals surface area contributed by atoms with Crippen molar-refractivity contribution in [1.82, 2.24) is 5.32 Å². The van der Waals surface area contributed by atoms with E-state index in [4.69, 9.17) is 9.57 Å². The Morgan fingerprint density at radius 2 is 1.88 bits per heavy atom. The number of carbonyl (C=O) groups excluding carboxylic acids is 1. The van der Waals surface area contributed by atoms with E-state index in [0.717, 1.165) is 38.5 Å². The first-order valence-electron chi connectivity index (χ1n) is 15.2. The van der Waals surface area contributed by atoms with Crippen molar-refractivity contribution in [2.75, 3.05) is 13.2 Å². The van der Waals surface area contributed by atoms with E-state index in [1.807, 2.05) is 26.8 Å². The van der Waals surface area contributed by atoms with Crippen molar-refractivity contribution in [3.05, 3.63) is 23.8 Å². The molecule has 5 aliphatic rings. The average Bonchev–Trinajstić information content (AvgIpc) is 3.11. The second kappa shape index (κ2) is 10.6. The number of fused-ring (bicyclic) bond motifs is 5. The van der Waals surface area contributed by atoms with Crippen LogP contribution in [-0.2, 0) is 19.2 Å². The van der Waals surface area contributed by atoms with Crippen LogP contribution in [0.2, 0.25) is 0 Å². The van der Waals surface area contributed by atoms with E-state index in [-0.39, 0.29) is 41.3 Å². The molecule has 0 bridgehead atoms. The highest BCUT2D eigenvalue weighted by atomic mass is 16.6. The third-order valence-corrected chi connectivity index (χ3v) is 11.5. The second-order valence-corrected chi connectivity index (χ2v) is 14.4. The van der Waals surface area contributed by atoms with Crippen molar-refractivity contribution in [2.45, 2.75) is 110 Å². The van der Waals surface area contributed by atoms with Crippen molar-refractivity contribution in [1.29, 1.82) is 0 Å². The standard InChI is InChI=1S/C32H48N2O6/c1-29(2)18-20(11-15-39-29)26(17-28(36)37)33-27(35)19-40-34-22-8-12-30(3)21(16-22)6-7-23-24(30)9-13-31(4)25(23)10-14-32(31,5)38/h8,12,16,20,23-26,38H,6-7,9-11,13-15,17-19H2,1-5H3,(H,33,35)(H,36,37)/b34-22+/t20-,23-,24+,25+,26+,30+,31+,32+/m1/s1. The molecule has 0 unspecified atom stereocenters. The minimum atomic E-state index is -0.937. The molecule has 8 heteroatoms. The Bertz CT molecular complexity index is 1110. The predicted molar refractivity (Wildman–Crippen MR) is 153 cm³/mol. The molecule has 0 aromatic carbocycles. The quantitative estimate of drug-likeness (QED) is 0.380. The minimum absolute atomic E-state index is 0.00952. The molecule has 1 saturated heterocycles. The number of hydrogen-bond acceptors (Lipinski definition) is 6. The minimum Gasteiger partial charge on any atom is -0.481 e. The molecule has 0 aromatic heterocycles. The molecular weight excluding hydrogens is 508 g/mol. The molecule has 3 saturated carbocycles. The number of allylic oxidation sites excluding steroid dienone is 4. The number of carbonyl (C=O) groups is 2. The lowest BCUT2D eigenvalue weighted by Crippen LogP contribution is -2.53. The van der Waals surface area contributed by atoms with Crippen LogP contribution in [0.4, 0.5) is 0 Å². The van der Waals surface area contributed by atoms with Gasteiger partial charge in [0.1, 0.15) is 5.71 Å².